The van der Waals surface area contributed by atoms with Crippen molar-refractivity contribution in [3.63, 3.8) is 0 Å². The number of carbonyl (C=O) groups is 3. The van der Waals surface area contributed by atoms with E-state index in [4.69, 9.17) is 4.74 Å². The second-order valence-electron chi connectivity index (χ2n) is 11.2. The van der Waals surface area contributed by atoms with E-state index in [1.54, 1.807) is 57.2 Å². The van der Waals surface area contributed by atoms with Crippen molar-refractivity contribution in [3.8, 4) is 0 Å². The Kier molecular flexibility index (Phi) is 9.37. The Morgan fingerprint density at radius 1 is 0.905 bits per heavy atom. The fourth-order valence-corrected chi connectivity index (χ4v) is 4.74. The second-order valence-corrected chi connectivity index (χ2v) is 11.2. The van der Waals surface area contributed by atoms with Gasteiger partial charge >= 0.3 is 6.09 Å². The summed E-state index contributed by atoms with van der Waals surface area (Å²) in [6.45, 7) is 6.29. The van der Waals surface area contributed by atoms with Gasteiger partial charge < -0.3 is 20.3 Å². The molecule has 3 N–H and O–H groups in total. The zero-order valence-electron chi connectivity index (χ0n) is 23.9. The quantitative estimate of drug-likeness (QED) is 0.289. The van der Waals surface area contributed by atoms with Crippen molar-refractivity contribution in [2.75, 3.05) is 36.1 Å². The Bertz CT molecular complexity index is 1480. The van der Waals surface area contributed by atoms with Crippen molar-refractivity contribution in [3.05, 3.63) is 95.6 Å². The molecule has 4 rings (SSSR count). The summed E-state index contributed by atoms with van der Waals surface area (Å²) in [5.74, 6) is -2.35. The van der Waals surface area contributed by atoms with E-state index in [0.29, 0.717) is 35.7 Å². The summed E-state index contributed by atoms with van der Waals surface area (Å²) in [4.78, 5) is 39.8. The molecule has 10 heteroatoms. The summed E-state index contributed by atoms with van der Waals surface area (Å²) >= 11 is 0. The van der Waals surface area contributed by atoms with Crippen molar-refractivity contribution in [1.82, 2.24) is 4.90 Å². The van der Waals surface area contributed by atoms with Crippen molar-refractivity contribution in [1.29, 1.82) is 0 Å². The van der Waals surface area contributed by atoms with E-state index in [-0.39, 0.29) is 17.4 Å². The molecule has 3 aromatic rings. The van der Waals surface area contributed by atoms with Gasteiger partial charge in [0, 0.05) is 36.3 Å². The van der Waals surface area contributed by atoms with Gasteiger partial charge in [0.05, 0.1) is 17.3 Å². The first-order valence-corrected chi connectivity index (χ1v) is 13.5. The fraction of sp³-hybridized carbons (Fsp3) is 0.281. The summed E-state index contributed by atoms with van der Waals surface area (Å²) in [6, 6.07) is 16.9. The fourth-order valence-electron chi connectivity index (χ4n) is 4.74. The topological polar surface area (TPSA) is 99.8 Å². The molecule has 0 spiro atoms. The molecule has 0 bridgehead atoms. The third kappa shape index (κ3) is 8.23. The molecule has 42 heavy (non-hydrogen) atoms. The Morgan fingerprint density at radius 3 is 2.21 bits per heavy atom. The number of ether oxygens (including phenoxy) is 1. The molecule has 0 aliphatic carbocycles. The number of anilines is 3. The number of nitrogens with zero attached hydrogens (tertiary/aromatic N) is 1. The van der Waals surface area contributed by atoms with E-state index in [0.717, 1.165) is 0 Å². The Balaban J connectivity index is 1.42. The molecule has 220 valence electrons. The number of benzene rings is 3. The van der Waals surface area contributed by atoms with Crippen molar-refractivity contribution in [2.24, 2.45) is 5.92 Å². The van der Waals surface area contributed by atoms with Gasteiger partial charge in [-0.05, 0) is 81.9 Å². The molecule has 0 radical (unpaired) electrons. The SMILES string of the molecule is CN1CC(C(=O)Nc2ccc(F)cc2)C(c2ccc(C=CC(=O)Nc3ccccc3NC(=O)OC(C)(C)C)c(F)c2)C1. The van der Waals surface area contributed by atoms with Gasteiger partial charge in [-0.3, -0.25) is 14.9 Å². The lowest BCUT2D eigenvalue weighted by molar-refractivity contribution is -0.119. The van der Waals surface area contributed by atoms with Crippen LogP contribution in [-0.4, -0.2) is 48.5 Å². The predicted octanol–water partition coefficient (Wildman–Crippen LogP) is 6.25. The molecule has 1 fully saturated rings. The Hall–Kier alpha value is -4.57. The molecule has 1 aliphatic heterocycles. The zero-order valence-corrected chi connectivity index (χ0v) is 23.9. The van der Waals surface area contributed by atoms with E-state index in [1.165, 1.54) is 42.5 Å². The Labute approximate surface area is 243 Å². The lowest BCUT2D eigenvalue weighted by atomic mass is 9.87. The number of likely N-dealkylation sites (N-methyl/N-ethyl adjacent to an activating group) is 1. The Morgan fingerprint density at radius 2 is 1.57 bits per heavy atom. The van der Waals surface area contributed by atoms with Crippen molar-refractivity contribution < 1.29 is 27.9 Å². The van der Waals surface area contributed by atoms with Gasteiger partial charge in [0.25, 0.3) is 0 Å². The normalized spacial score (nSPS) is 17.2. The minimum absolute atomic E-state index is 0.202. The van der Waals surface area contributed by atoms with Gasteiger partial charge in [0.15, 0.2) is 0 Å². The van der Waals surface area contributed by atoms with Crippen LogP contribution in [-0.2, 0) is 14.3 Å². The third-order valence-electron chi connectivity index (χ3n) is 6.64. The van der Waals surface area contributed by atoms with E-state index in [1.807, 2.05) is 11.9 Å². The van der Waals surface area contributed by atoms with Crippen LogP contribution in [0.15, 0.2) is 72.8 Å². The first-order chi connectivity index (χ1) is 19.9. The second kappa shape index (κ2) is 12.9. The summed E-state index contributed by atoms with van der Waals surface area (Å²) < 4.78 is 33.6. The molecule has 1 saturated heterocycles. The molecule has 2 unspecified atom stereocenters. The smallest absolute Gasteiger partial charge is 0.412 e. The molecule has 1 heterocycles. The van der Waals surface area contributed by atoms with E-state index in [2.05, 4.69) is 16.0 Å². The molecular weight excluding hydrogens is 542 g/mol. The highest BCUT2D eigenvalue weighted by Gasteiger charge is 2.37. The molecule has 0 saturated carbocycles. The maximum atomic E-state index is 15.1. The van der Waals surface area contributed by atoms with E-state index < -0.39 is 35.2 Å². The number of nitrogens with one attached hydrogen (secondary N) is 3. The minimum Gasteiger partial charge on any atom is -0.444 e. The molecule has 1 aliphatic rings. The number of hydrogen-bond acceptors (Lipinski definition) is 5. The lowest BCUT2D eigenvalue weighted by Crippen LogP contribution is -2.28. The number of para-hydroxylation sites is 2. The van der Waals surface area contributed by atoms with Gasteiger partial charge in [0.1, 0.15) is 17.2 Å². The molecular formula is C32H34F2N4O4. The van der Waals surface area contributed by atoms with Crippen LogP contribution in [0.1, 0.15) is 37.8 Å². The van der Waals surface area contributed by atoms with Gasteiger partial charge in [-0.2, -0.15) is 0 Å². The first kappa shape index (κ1) is 30.4. The standard InChI is InChI=1S/C32H34F2N4O4/c1-32(2,3)42-31(41)37-28-8-6-5-7-27(28)36-29(39)16-11-20-9-10-21(17-26(20)34)24-18-38(4)19-25(24)30(40)35-23-14-12-22(33)13-15-23/h5-17,24-25H,18-19H2,1-4H3,(H,35,40)(H,36,39)(H,37,41). The maximum Gasteiger partial charge on any atom is 0.412 e. The minimum atomic E-state index is -0.685. The van der Waals surface area contributed by atoms with Crippen LogP contribution in [0.3, 0.4) is 0 Å². The molecule has 0 aromatic heterocycles. The summed E-state index contributed by atoms with van der Waals surface area (Å²) in [6.07, 6.45) is 1.90. The summed E-state index contributed by atoms with van der Waals surface area (Å²) in [5, 5.41) is 8.12. The number of halogens is 2. The van der Waals surface area contributed by atoms with Gasteiger partial charge in [-0.15, -0.1) is 0 Å². The largest absolute Gasteiger partial charge is 0.444 e. The van der Waals surface area contributed by atoms with Gasteiger partial charge in [-0.1, -0.05) is 24.3 Å². The highest BCUT2D eigenvalue weighted by Crippen LogP contribution is 2.34. The van der Waals surface area contributed by atoms with Crippen LogP contribution < -0.4 is 16.0 Å². The molecule has 2 atom stereocenters. The average molecular weight is 577 g/mol. The van der Waals surface area contributed by atoms with Crippen LogP contribution >= 0.6 is 0 Å². The van der Waals surface area contributed by atoms with E-state index >= 15 is 4.39 Å². The highest BCUT2D eigenvalue weighted by molar-refractivity contribution is 6.05. The van der Waals surface area contributed by atoms with Crippen molar-refractivity contribution in [2.45, 2.75) is 32.3 Å². The van der Waals surface area contributed by atoms with Gasteiger partial charge in [-0.25, -0.2) is 13.6 Å². The average Bonchev–Trinajstić information content (AvgIpc) is 3.31. The van der Waals surface area contributed by atoms with Crippen LogP contribution in [0.5, 0.6) is 0 Å². The van der Waals surface area contributed by atoms with Crippen LogP contribution in [0.25, 0.3) is 6.08 Å². The zero-order chi connectivity index (χ0) is 30.4. The number of likely N-dealkylation sites (tertiary alicyclic amines) is 1. The van der Waals surface area contributed by atoms with Crippen molar-refractivity contribution >= 4 is 41.0 Å². The number of rotatable bonds is 7. The van der Waals surface area contributed by atoms with Crippen LogP contribution in [0.4, 0.5) is 30.6 Å². The maximum absolute atomic E-state index is 15.1. The predicted molar refractivity (Wildman–Crippen MR) is 159 cm³/mol. The number of amides is 3. The van der Waals surface area contributed by atoms with Gasteiger partial charge in [0.2, 0.25) is 11.8 Å². The number of hydrogen-bond donors (Lipinski definition) is 3. The third-order valence-corrected chi connectivity index (χ3v) is 6.64. The summed E-state index contributed by atoms with van der Waals surface area (Å²) in [5.41, 5.74) is 1.37. The molecule has 3 amide bonds. The number of carbonyl (C=O) groups excluding carboxylic acids is 3. The van der Waals surface area contributed by atoms with Crippen LogP contribution in [0.2, 0.25) is 0 Å². The lowest BCUT2D eigenvalue weighted by Gasteiger charge is -2.20. The van der Waals surface area contributed by atoms with Crippen LogP contribution in [0, 0.1) is 17.6 Å². The first-order valence-electron chi connectivity index (χ1n) is 13.5. The molecule has 8 nitrogen and oxygen atoms in total. The summed E-state index contributed by atoms with van der Waals surface area (Å²) in [7, 11) is 1.89. The monoisotopic (exact) mass is 576 g/mol. The highest BCUT2D eigenvalue weighted by atomic mass is 19.1. The van der Waals surface area contributed by atoms with E-state index in [9.17, 15) is 18.8 Å². The molecule has 3 aromatic carbocycles.